The van der Waals surface area contributed by atoms with E-state index in [0.29, 0.717) is 5.56 Å². The van der Waals surface area contributed by atoms with E-state index in [0.717, 1.165) is 39.7 Å². The molecule has 3 nitrogen and oxygen atoms in total. The van der Waals surface area contributed by atoms with Crippen LogP contribution in [0.3, 0.4) is 0 Å². The number of hydrogen-bond donors (Lipinski definition) is 1. The number of aldehydes is 2. The number of phenolic OH excluding ortho intramolecular Hbond substituents is 1. The third-order valence-corrected chi connectivity index (χ3v) is 3.93. The lowest BCUT2D eigenvalue weighted by Crippen LogP contribution is -1.81. The van der Waals surface area contributed by atoms with Gasteiger partial charge in [-0.05, 0) is 39.7 Å². The number of fused-ring (bicyclic) bond motifs is 2. The molecular weight excluding hydrogens is 312 g/mol. The molecule has 4 aromatic rings. The number of phenols is 1. The van der Waals surface area contributed by atoms with Gasteiger partial charge in [-0.25, -0.2) is 0 Å². The number of hydrogen-bond acceptors (Lipinski definition) is 3. The maximum Gasteiger partial charge on any atom is 0.150 e. The van der Waals surface area contributed by atoms with Gasteiger partial charge in [-0.15, -0.1) is 0 Å². The molecule has 0 aliphatic heterocycles. The molecule has 0 heterocycles. The molecule has 0 bridgehead atoms. The van der Waals surface area contributed by atoms with Gasteiger partial charge in [0.15, 0.2) is 6.29 Å². The van der Waals surface area contributed by atoms with Gasteiger partial charge in [0.05, 0.1) is 0 Å². The zero-order chi connectivity index (χ0) is 17.6. The van der Waals surface area contributed by atoms with Crippen molar-refractivity contribution >= 4 is 34.1 Å². The van der Waals surface area contributed by atoms with Gasteiger partial charge in [0.2, 0.25) is 0 Å². The van der Waals surface area contributed by atoms with Gasteiger partial charge in [0, 0.05) is 11.1 Å². The van der Waals surface area contributed by atoms with Crippen LogP contribution >= 0.6 is 0 Å². The first kappa shape index (κ1) is 16.4. The Bertz CT molecular complexity index is 1050. The Morgan fingerprint density at radius 3 is 2.16 bits per heavy atom. The summed E-state index contributed by atoms with van der Waals surface area (Å²) in [6.07, 6.45) is 1.70. The zero-order valence-electron chi connectivity index (χ0n) is 13.4. The predicted octanol–water partition coefficient (Wildman–Crippen LogP) is 5.01. The van der Waals surface area contributed by atoms with Gasteiger partial charge < -0.3 is 5.11 Å². The highest BCUT2D eigenvalue weighted by molar-refractivity contribution is 5.97. The highest BCUT2D eigenvalue weighted by Gasteiger charge is 1.97. The van der Waals surface area contributed by atoms with E-state index in [1.54, 1.807) is 30.3 Å². The van der Waals surface area contributed by atoms with Crippen LogP contribution < -0.4 is 0 Å². The van der Waals surface area contributed by atoms with E-state index in [4.69, 9.17) is 0 Å². The van der Waals surface area contributed by atoms with Crippen molar-refractivity contribution in [2.45, 2.75) is 0 Å². The third kappa shape index (κ3) is 3.72. The first-order chi connectivity index (χ1) is 12.2. The van der Waals surface area contributed by atoms with Crippen molar-refractivity contribution in [2.75, 3.05) is 0 Å². The summed E-state index contributed by atoms with van der Waals surface area (Å²) >= 11 is 0. The predicted molar refractivity (Wildman–Crippen MR) is 100 cm³/mol. The number of rotatable bonds is 2. The van der Waals surface area contributed by atoms with Gasteiger partial charge >= 0.3 is 0 Å². The van der Waals surface area contributed by atoms with Crippen molar-refractivity contribution in [3.63, 3.8) is 0 Å². The van der Waals surface area contributed by atoms with Crippen LogP contribution in [0, 0.1) is 0 Å². The molecule has 0 unspecified atom stereocenters. The molecular formula is C22H16O3. The van der Waals surface area contributed by atoms with E-state index < -0.39 is 0 Å². The second kappa shape index (κ2) is 7.41. The maximum absolute atomic E-state index is 10.6. The van der Waals surface area contributed by atoms with Crippen molar-refractivity contribution in [2.24, 2.45) is 0 Å². The Balaban J connectivity index is 0.000000146. The first-order valence-corrected chi connectivity index (χ1v) is 7.82. The molecule has 0 aromatic heterocycles. The summed E-state index contributed by atoms with van der Waals surface area (Å²) in [5.74, 6) is 0.242. The minimum Gasteiger partial charge on any atom is -0.508 e. The van der Waals surface area contributed by atoms with E-state index in [1.165, 1.54) is 0 Å². The van der Waals surface area contributed by atoms with Crippen LogP contribution in [0.15, 0.2) is 78.9 Å². The molecule has 0 fully saturated rings. The zero-order valence-corrected chi connectivity index (χ0v) is 13.4. The van der Waals surface area contributed by atoms with Crippen LogP contribution in [0.2, 0.25) is 0 Å². The minimum absolute atomic E-state index is 0.242. The van der Waals surface area contributed by atoms with Crippen LogP contribution in [0.1, 0.15) is 20.7 Å². The minimum atomic E-state index is 0.242. The monoisotopic (exact) mass is 328 g/mol. The molecule has 3 heteroatoms. The molecule has 0 atom stereocenters. The van der Waals surface area contributed by atoms with Gasteiger partial charge in [0.1, 0.15) is 12.0 Å². The second-order valence-electron chi connectivity index (χ2n) is 5.59. The quantitative estimate of drug-likeness (QED) is 0.526. The molecule has 4 rings (SSSR count). The Morgan fingerprint density at radius 2 is 1.36 bits per heavy atom. The molecule has 0 spiro atoms. The van der Waals surface area contributed by atoms with Crippen molar-refractivity contribution in [3.05, 3.63) is 90.0 Å². The molecule has 4 aromatic carbocycles. The average molecular weight is 328 g/mol. The highest BCUT2D eigenvalue weighted by atomic mass is 16.3. The van der Waals surface area contributed by atoms with Gasteiger partial charge in [-0.1, -0.05) is 60.7 Å². The summed E-state index contributed by atoms with van der Waals surface area (Å²) in [7, 11) is 0. The number of aromatic hydroxyl groups is 1. The van der Waals surface area contributed by atoms with Crippen molar-refractivity contribution in [1.29, 1.82) is 0 Å². The van der Waals surface area contributed by atoms with Gasteiger partial charge in [0.25, 0.3) is 0 Å². The van der Waals surface area contributed by atoms with E-state index in [-0.39, 0.29) is 5.75 Å². The second-order valence-corrected chi connectivity index (χ2v) is 5.59. The molecule has 0 amide bonds. The van der Waals surface area contributed by atoms with E-state index in [2.05, 4.69) is 0 Å². The first-order valence-electron chi connectivity index (χ1n) is 7.82. The van der Waals surface area contributed by atoms with E-state index >= 15 is 0 Å². The number of benzene rings is 4. The normalized spacial score (nSPS) is 10.1. The summed E-state index contributed by atoms with van der Waals surface area (Å²) in [4.78, 5) is 21.1. The third-order valence-electron chi connectivity index (χ3n) is 3.93. The molecule has 0 aliphatic rings. The standard InChI is InChI=1S/C11H8O2.C11H8O/c12-7-8-1-2-10-6-11(13)4-3-9(10)5-8;12-8-10-6-3-5-9-4-1-2-7-11(9)10/h1-7,13H;1-8H. The van der Waals surface area contributed by atoms with Crippen LogP contribution in [-0.4, -0.2) is 17.7 Å². The molecule has 0 radical (unpaired) electrons. The molecule has 0 saturated carbocycles. The SMILES string of the molecule is O=Cc1ccc2cc(O)ccc2c1.O=Cc1cccc2ccccc12. The molecule has 25 heavy (non-hydrogen) atoms. The largest absolute Gasteiger partial charge is 0.508 e. The fraction of sp³-hybridized carbons (Fsp3) is 0. The average Bonchev–Trinajstić information content (AvgIpc) is 2.67. The lowest BCUT2D eigenvalue weighted by molar-refractivity contribution is 0.111. The summed E-state index contributed by atoms with van der Waals surface area (Å²) in [5, 5.41) is 13.2. The molecule has 0 saturated heterocycles. The lowest BCUT2D eigenvalue weighted by Gasteiger charge is -1.98. The Hall–Kier alpha value is -3.46. The van der Waals surface area contributed by atoms with E-state index in [1.807, 2.05) is 48.5 Å². The fourth-order valence-electron chi connectivity index (χ4n) is 2.68. The number of carbonyl (C=O) groups excluding carboxylic acids is 2. The smallest absolute Gasteiger partial charge is 0.150 e. The summed E-state index contributed by atoms with van der Waals surface area (Å²) in [6, 6.07) is 24.0. The van der Waals surface area contributed by atoms with Crippen LogP contribution in [0.4, 0.5) is 0 Å². The topological polar surface area (TPSA) is 54.4 Å². The van der Waals surface area contributed by atoms with Crippen molar-refractivity contribution in [1.82, 2.24) is 0 Å². The fourth-order valence-corrected chi connectivity index (χ4v) is 2.68. The Kier molecular flexibility index (Phi) is 4.86. The summed E-state index contributed by atoms with van der Waals surface area (Å²) in [6.45, 7) is 0. The van der Waals surface area contributed by atoms with Crippen molar-refractivity contribution in [3.8, 4) is 5.75 Å². The van der Waals surface area contributed by atoms with Gasteiger partial charge in [-0.2, -0.15) is 0 Å². The summed E-state index contributed by atoms with van der Waals surface area (Å²) < 4.78 is 0. The maximum atomic E-state index is 10.6. The van der Waals surface area contributed by atoms with Gasteiger partial charge in [-0.3, -0.25) is 9.59 Å². The molecule has 0 aliphatic carbocycles. The number of carbonyl (C=O) groups is 2. The summed E-state index contributed by atoms with van der Waals surface area (Å²) in [5.41, 5.74) is 1.41. The van der Waals surface area contributed by atoms with Crippen LogP contribution in [-0.2, 0) is 0 Å². The lowest BCUT2D eigenvalue weighted by atomic mass is 10.1. The van der Waals surface area contributed by atoms with Crippen molar-refractivity contribution < 1.29 is 14.7 Å². The van der Waals surface area contributed by atoms with E-state index in [9.17, 15) is 14.7 Å². The highest BCUT2D eigenvalue weighted by Crippen LogP contribution is 2.20. The Morgan fingerprint density at radius 1 is 0.640 bits per heavy atom. The van der Waals surface area contributed by atoms with Crippen LogP contribution in [0.5, 0.6) is 5.75 Å². The molecule has 122 valence electrons. The molecule has 1 N–H and O–H groups in total. The van der Waals surface area contributed by atoms with Crippen LogP contribution in [0.25, 0.3) is 21.5 Å². The Labute approximate surface area is 145 Å².